The van der Waals surface area contributed by atoms with Gasteiger partial charge >= 0.3 is 11.9 Å². The fourth-order valence-corrected chi connectivity index (χ4v) is 1.91. The molecule has 0 aliphatic heterocycles. The van der Waals surface area contributed by atoms with Crippen LogP contribution in [0.2, 0.25) is 0 Å². The zero-order chi connectivity index (χ0) is 17.2. The van der Waals surface area contributed by atoms with Crippen molar-refractivity contribution < 1.29 is 28.5 Å². The molecular formula is C17H22O6. The Morgan fingerprint density at radius 2 is 1.74 bits per heavy atom. The van der Waals surface area contributed by atoms with Gasteiger partial charge in [-0.1, -0.05) is 0 Å². The third-order valence-electron chi connectivity index (χ3n) is 2.94. The van der Waals surface area contributed by atoms with E-state index in [-0.39, 0.29) is 25.2 Å². The van der Waals surface area contributed by atoms with E-state index in [0.717, 1.165) is 0 Å². The van der Waals surface area contributed by atoms with E-state index in [0.29, 0.717) is 17.1 Å². The van der Waals surface area contributed by atoms with Gasteiger partial charge in [0, 0.05) is 11.1 Å². The second-order valence-corrected chi connectivity index (χ2v) is 4.48. The molecule has 6 nitrogen and oxygen atoms in total. The topological polar surface area (TPSA) is 71.1 Å². The number of rotatable bonds is 8. The van der Waals surface area contributed by atoms with Crippen LogP contribution in [0.4, 0.5) is 0 Å². The first-order chi connectivity index (χ1) is 11.0. The fraction of sp³-hybridized carbons (Fsp3) is 0.412. The highest BCUT2D eigenvalue weighted by Crippen LogP contribution is 2.27. The number of hydrogen-bond acceptors (Lipinski definition) is 6. The lowest BCUT2D eigenvalue weighted by molar-refractivity contribution is -0.145. The van der Waals surface area contributed by atoms with Gasteiger partial charge in [0.1, 0.15) is 11.5 Å². The molecule has 0 aliphatic carbocycles. The minimum atomic E-state index is -0.564. The zero-order valence-corrected chi connectivity index (χ0v) is 13.9. The van der Waals surface area contributed by atoms with E-state index in [1.807, 2.05) is 0 Å². The summed E-state index contributed by atoms with van der Waals surface area (Å²) in [6.45, 7) is 3.87. The molecule has 0 aromatic heterocycles. The highest BCUT2D eigenvalue weighted by atomic mass is 16.5. The Hall–Kier alpha value is -2.50. The van der Waals surface area contributed by atoms with Crippen LogP contribution in [0, 0.1) is 0 Å². The van der Waals surface area contributed by atoms with Crippen LogP contribution < -0.4 is 9.47 Å². The second-order valence-electron chi connectivity index (χ2n) is 4.48. The van der Waals surface area contributed by atoms with Crippen molar-refractivity contribution in [1.82, 2.24) is 0 Å². The number of carbonyl (C=O) groups excluding carboxylic acids is 2. The molecule has 1 rings (SSSR count). The SMILES string of the molecule is CCOC(=O)C/C(=C\c1cc(OC)ccc1OC)C(=O)OCC. The van der Waals surface area contributed by atoms with Crippen LogP contribution in [0.3, 0.4) is 0 Å². The van der Waals surface area contributed by atoms with Crippen molar-refractivity contribution in [2.45, 2.75) is 20.3 Å². The summed E-state index contributed by atoms with van der Waals surface area (Å²) in [7, 11) is 3.06. The average Bonchev–Trinajstić information content (AvgIpc) is 2.54. The number of hydrogen-bond donors (Lipinski definition) is 0. The molecule has 0 N–H and O–H groups in total. The Bertz CT molecular complexity index is 576. The third-order valence-corrected chi connectivity index (χ3v) is 2.94. The number of benzene rings is 1. The van der Waals surface area contributed by atoms with Crippen LogP contribution in [0.1, 0.15) is 25.8 Å². The van der Waals surface area contributed by atoms with Crippen molar-refractivity contribution in [2.24, 2.45) is 0 Å². The normalized spacial score (nSPS) is 10.9. The predicted molar refractivity (Wildman–Crippen MR) is 85.4 cm³/mol. The summed E-state index contributed by atoms with van der Waals surface area (Å²) in [5.74, 6) is 0.104. The van der Waals surface area contributed by atoms with Gasteiger partial charge in [-0.2, -0.15) is 0 Å². The zero-order valence-electron chi connectivity index (χ0n) is 13.9. The molecular weight excluding hydrogens is 300 g/mol. The largest absolute Gasteiger partial charge is 0.497 e. The molecule has 1 aromatic carbocycles. The minimum Gasteiger partial charge on any atom is -0.497 e. The first-order valence-corrected chi connectivity index (χ1v) is 7.31. The maximum Gasteiger partial charge on any atom is 0.334 e. The van der Waals surface area contributed by atoms with Gasteiger partial charge in [-0.05, 0) is 38.1 Å². The van der Waals surface area contributed by atoms with Gasteiger partial charge in [0.2, 0.25) is 0 Å². The van der Waals surface area contributed by atoms with E-state index in [9.17, 15) is 9.59 Å². The molecule has 0 bridgehead atoms. The fourth-order valence-electron chi connectivity index (χ4n) is 1.91. The van der Waals surface area contributed by atoms with Crippen molar-refractivity contribution in [3.8, 4) is 11.5 Å². The molecule has 0 radical (unpaired) electrons. The quantitative estimate of drug-likeness (QED) is 0.541. The summed E-state index contributed by atoms with van der Waals surface area (Å²) in [6, 6.07) is 5.17. The Morgan fingerprint density at radius 3 is 2.30 bits per heavy atom. The first-order valence-electron chi connectivity index (χ1n) is 7.31. The van der Waals surface area contributed by atoms with Gasteiger partial charge in [-0.15, -0.1) is 0 Å². The summed E-state index contributed by atoms with van der Waals surface area (Å²) in [4.78, 5) is 23.8. The molecule has 23 heavy (non-hydrogen) atoms. The summed E-state index contributed by atoms with van der Waals surface area (Å²) in [5.41, 5.74) is 0.802. The molecule has 0 atom stereocenters. The number of esters is 2. The van der Waals surface area contributed by atoms with Crippen LogP contribution in [0.25, 0.3) is 6.08 Å². The molecule has 0 spiro atoms. The van der Waals surface area contributed by atoms with Gasteiger partial charge in [0.15, 0.2) is 0 Å². The second kappa shape index (κ2) is 9.50. The van der Waals surface area contributed by atoms with Crippen LogP contribution in [0.5, 0.6) is 11.5 Å². The molecule has 0 saturated heterocycles. The molecule has 0 amide bonds. The van der Waals surface area contributed by atoms with Crippen molar-refractivity contribution in [3.63, 3.8) is 0 Å². The Morgan fingerprint density at radius 1 is 1.04 bits per heavy atom. The van der Waals surface area contributed by atoms with Crippen molar-refractivity contribution >= 4 is 18.0 Å². The summed E-state index contributed by atoms with van der Waals surface area (Å²) in [5, 5.41) is 0. The summed E-state index contributed by atoms with van der Waals surface area (Å²) >= 11 is 0. The Labute approximate surface area is 136 Å². The van der Waals surface area contributed by atoms with Crippen molar-refractivity contribution in [2.75, 3.05) is 27.4 Å². The molecule has 0 aliphatic rings. The Balaban J connectivity index is 3.20. The highest BCUT2D eigenvalue weighted by molar-refractivity contribution is 5.98. The summed E-state index contributed by atoms with van der Waals surface area (Å²) < 4.78 is 20.3. The third kappa shape index (κ3) is 5.65. The minimum absolute atomic E-state index is 0.174. The molecule has 0 fully saturated rings. The van der Waals surface area contributed by atoms with E-state index in [1.165, 1.54) is 7.11 Å². The standard InChI is InChI=1S/C17H22O6/c1-5-22-16(18)11-13(17(19)23-6-2)9-12-10-14(20-3)7-8-15(12)21-4/h7-10H,5-6,11H2,1-4H3/b13-9+. The van der Waals surface area contributed by atoms with E-state index < -0.39 is 11.9 Å². The average molecular weight is 322 g/mol. The maximum atomic E-state index is 12.1. The maximum absolute atomic E-state index is 12.1. The van der Waals surface area contributed by atoms with Crippen LogP contribution in [-0.2, 0) is 19.1 Å². The predicted octanol–water partition coefficient (Wildman–Crippen LogP) is 2.60. The molecule has 6 heteroatoms. The van der Waals surface area contributed by atoms with Gasteiger partial charge in [-0.25, -0.2) is 4.79 Å². The lowest BCUT2D eigenvalue weighted by Crippen LogP contribution is -2.13. The van der Waals surface area contributed by atoms with Crippen LogP contribution in [0.15, 0.2) is 23.8 Å². The van der Waals surface area contributed by atoms with E-state index in [2.05, 4.69) is 0 Å². The van der Waals surface area contributed by atoms with Crippen molar-refractivity contribution in [3.05, 3.63) is 29.3 Å². The van der Waals surface area contributed by atoms with Gasteiger partial charge in [0.05, 0.1) is 33.9 Å². The van der Waals surface area contributed by atoms with E-state index in [1.54, 1.807) is 45.2 Å². The lowest BCUT2D eigenvalue weighted by Gasteiger charge is -2.10. The Kier molecular flexibility index (Phi) is 7.66. The van der Waals surface area contributed by atoms with Gasteiger partial charge in [-0.3, -0.25) is 4.79 Å². The van der Waals surface area contributed by atoms with Crippen LogP contribution in [-0.4, -0.2) is 39.4 Å². The number of carbonyl (C=O) groups is 2. The molecule has 0 saturated carbocycles. The lowest BCUT2D eigenvalue weighted by atomic mass is 10.1. The molecule has 1 aromatic rings. The monoisotopic (exact) mass is 322 g/mol. The van der Waals surface area contributed by atoms with E-state index >= 15 is 0 Å². The number of methoxy groups -OCH3 is 2. The van der Waals surface area contributed by atoms with Gasteiger partial charge in [0.25, 0.3) is 0 Å². The number of ether oxygens (including phenoxy) is 4. The highest BCUT2D eigenvalue weighted by Gasteiger charge is 2.17. The van der Waals surface area contributed by atoms with Crippen LogP contribution >= 0.6 is 0 Å². The molecule has 0 unspecified atom stereocenters. The molecule has 0 heterocycles. The van der Waals surface area contributed by atoms with Gasteiger partial charge < -0.3 is 18.9 Å². The molecule has 126 valence electrons. The summed E-state index contributed by atoms with van der Waals surface area (Å²) in [6.07, 6.45) is 1.38. The first kappa shape index (κ1) is 18.5. The van der Waals surface area contributed by atoms with E-state index in [4.69, 9.17) is 18.9 Å². The smallest absolute Gasteiger partial charge is 0.334 e. The van der Waals surface area contributed by atoms with Crippen molar-refractivity contribution in [1.29, 1.82) is 0 Å².